The summed E-state index contributed by atoms with van der Waals surface area (Å²) in [5.74, 6) is 0.747. The molecule has 1 fully saturated rings. The third-order valence-corrected chi connectivity index (χ3v) is 6.57. The molecule has 1 aromatic carbocycles. The van der Waals surface area contributed by atoms with Gasteiger partial charge in [0.05, 0.1) is 11.7 Å². The fourth-order valence-electron chi connectivity index (χ4n) is 1.92. The molecule has 0 saturated carbocycles. The molecule has 7 heteroatoms. The Labute approximate surface area is 112 Å². The predicted molar refractivity (Wildman–Crippen MR) is 72.6 cm³/mol. The Morgan fingerprint density at radius 1 is 1.47 bits per heavy atom. The molecular weight excluding hydrogens is 324 g/mol. The van der Waals surface area contributed by atoms with Gasteiger partial charge >= 0.3 is 0 Å². The third kappa shape index (κ3) is 1.63. The first-order valence-electron chi connectivity index (χ1n) is 5.05. The molecule has 0 bridgehead atoms. The summed E-state index contributed by atoms with van der Waals surface area (Å²) < 4.78 is 26.4. The number of hydrogen-bond donors (Lipinski definition) is 0. The predicted octanol–water partition coefficient (Wildman–Crippen LogP) is 2.19. The van der Waals surface area contributed by atoms with Crippen molar-refractivity contribution in [2.45, 2.75) is 10.9 Å². The largest absolute Gasteiger partial charge is 0.268 e. The number of hydrogen-bond acceptors (Lipinski definition) is 4. The van der Waals surface area contributed by atoms with Gasteiger partial charge in [-0.2, -0.15) is 0 Å². The van der Waals surface area contributed by atoms with Crippen molar-refractivity contribution in [3.63, 3.8) is 0 Å². The van der Waals surface area contributed by atoms with Gasteiger partial charge in [0.25, 0.3) is 10.0 Å². The molecule has 0 aromatic heterocycles. The molecule has 0 radical (unpaired) electrons. The van der Waals surface area contributed by atoms with Crippen LogP contribution < -0.4 is 0 Å². The average Bonchev–Trinajstić information content (AvgIpc) is 2.73. The smallest absolute Gasteiger partial charge is 0.239 e. The summed E-state index contributed by atoms with van der Waals surface area (Å²) >= 11 is 4.85. The molecule has 1 aromatic rings. The molecule has 1 unspecified atom stereocenters. The van der Waals surface area contributed by atoms with Gasteiger partial charge in [-0.05, 0) is 12.1 Å². The lowest BCUT2D eigenvalue weighted by Gasteiger charge is -2.27. The molecular formula is C10H9BrN2O2S2. The fraction of sp³-hybridized carbons (Fsp3) is 0.300. The van der Waals surface area contributed by atoms with E-state index in [0.717, 1.165) is 5.75 Å². The molecule has 1 saturated heterocycles. The van der Waals surface area contributed by atoms with E-state index >= 15 is 0 Å². The lowest BCUT2D eigenvalue weighted by atomic mass is 10.3. The van der Waals surface area contributed by atoms with Gasteiger partial charge in [0.2, 0.25) is 0 Å². The number of fused-ring (bicyclic) bond motifs is 2. The first-order valence-corrected chi connectivity index (χ1v) is 8.60. The van der Waals surface area contributed by atoms with Crippen molar-refractivity contribution in [1.82, 2.24) is 4.31 Å². The van der Waals surface area contributed by atoms with Crippen molar-refractivity contribution in [3.05, 3.63) is 24.3 Å². The Morgan fingerprint density at radius 2 is 2.24 bits per heavy atom. The second-order valence-corrected chi connectivity index (χ2v) is 7.20. The summed E-state index contributed by atoms with van der Waals surface area (Å²) in [5, 5.41) is 1.22. The standard InChI is InChI=1S/C10H9BrN2O2S2/c11-5-7-6-16-10-12-8-3-1-2-4-9(8)17(14,15)13(7)10/h1-4,7H,5-6H2. The van der Waals surface area contributed by atoms with Crippen molar-refractivity contribution in [1.29, 1.82) is 0 Å². The first-order chi connectivity index (χ1) is 8.14. The topological polar surface area (TPSA) is 49.7 Å². The fourth-order valence-corrected chi connectivity index (χ4v) is 6.16. The molecule has 0 spiro atoms. The van der Waals surface area contributed by atoms with Gasteiger partial charge in [-0.15, -0.1) is 0 Å². The minimum Gasteiger partial charge on any atom is -0.239 e. The van der Waals surface area contributed by atoms with Crippen molar-refractivity contribution in [3.8, 4) is 0 Å². The zero-order chi connectivity index (χ0) is 12.0. The number of alkyl halides is 1. The Bertz CT molecular complexity index is 600. The Kier molecular flexibility index (Phi) is 2.72. The van der Waals surface area contributed by atoms with Gasteiger partial charge in [-0.3, -0.25) is 0 Å². The maximum atomic E-state index is 12.5. The molecule has 4 nitrogen and oxygen atoms in total. The highest BCUT2D eigenvalue weighted by Gasteiger charge is 2.42. The molecule has 0 N–H and O–H groups in total. The van der Waals surface area contributed by atoms with Crippen LogP contribution >= 0.6 is 27.7 Å². The number of halogens is 1. The van der Waals surface area contributed by atoms with E-state index in [1.54, 1.807) is 24.3 Å². The van der Waals surface area contributed by atoms with E-state index in [1.165, 1.54) is 16.1 Å². The van der Waals surface area contributed by atoms with Crippen LogP contribution in [-0.4, -0.2) is 35.0 Å². The minimum absolute atomic E-state index is 0.0443. The summed E-state index contributed by atoms with van der Waals surface area (Å²) in [7, 11) is -3.43. The summed E-state index contributed by atoms with van der Waals surface area (Å²) in [4.78, 5) is 4.71. The van der Waals surface area contributed by atoms with Crippen LogP contribution in [0.4, 0.5) is 5.69 Å². The van der Waals surface area contributed by atoms with Crippen molar-refractivity contribution in [2.24, 2.45) is 4.99 Å². The van der Waals surface area contributed by atoms with Crippen LogP contribution in [0.3, 0.4) is 0 Å². The summed E-state index contributed by atoms with van der Waals surface area (Å²) in [6.45, 7) is 0. The van der Waals surface area contributed by atoms with E-state index in [2.05, 4.69) is 20.9 Å². The molecule has 2 heterocycles. The van der Waals surface area contributed by atoms with E-state index in [-0.39, 0.29) is 6.04 Å². The number of nitrogens with zero attached hydrogens (tertiary/aromatic N) is 2. The lowest BCUT2D eigenvalue weighted by molar-refractivity contribution is 0.490. The number of thioether (sulfide) groups is 1. The van der Waals surface area contributed by atoms with Crippen molar-refractivity contribution >= 4 is 48.6 Å². The van der Waals surface area contributed by atoms with Crippen LogP contribution in [0, 0.1) is 0 Å². The van der Waals surface area contributed by atoms with Crippen LogP contribution in [0.2, 0.25) is 0 Å². The molecule has 1 atom stereocenters. The second kappa shape index (κ2) is 4.00. The minimum atomic E-state index is -3.43. The van der Waals surface area contributed by atoms with Crippen LogP contribution in [-0.2, 0) is 10.0 Å². The van der Waals surface area contributed by atoms with Gasteiger partial charge in [-0.1, -0.05) is 39.8 Å². The maximum Gasteiger partial charge on any atom is 0.268 e. The first kappa shape index (κ1) is 11.6. The lowest BCUT2D eigenvalue weighted by Crippen LogP contribution is -2.41. The summed E-state index contributed by atoms with van der Waals surface area (Å²) in [5.41, 5.74) is 0.543. The SMILES string of the molecule is O=S1(=O)c2ccccc2N=C2SCC(CBr)N21. The average molecular weight is 333 g/mol. The zero-order valence-corrected chi connectivity index (χ0v) is 11.9. The Morgan fingerprint density at radius 3 is 3.00 bits per heavy atom. The molecule has 3 rings (SSSR count). The van der Waals surface area contributed by atoms with Gasteiger partial charge in [0, 0.05) is 11.1 Å². The van der Waals surface area contributed by atoms with Crippen molar-refractivity contribution in [2.75, 3.05) is 11.1 Å². The van der Waals surface area contributed by atoms with Crippen LogP contribution in [0.5, 0.6) is 0 Å². The number of aliphatic imine (C=N–C) groups is 1. The van der Waals surface area contributed by atoms with E-state index < -0.39 is 10.0 Å². The van der Waals surface area contributed by atoms with Crippen LogP contribution in [0.1, 0.15) is 0 Å². The Hall–Kier alpha value is -0.530. The number of para-hydroxylation sites is 1. The number of rotatable bonds is 1. The van der Waals surface area contributed by atoms with Gasteiger partial charge < -0.3 is 0 Å². The quantitative estimate of drug-likeness (QED) is 0.740. The second-order valence-electron chi connectivity index (χ2n) is 3.78. The molecule has 2 aliphatic rings. The van der Waals surface area contributed by atoms with Gasteiger partial charge in [0.15, 0.2) is 5.17 Å². The van der Waals surface area contributed by atoms with Gasteiger partial charge in [-0.25, -0.2) is 17.7 Å². The monoisotopic (exact) mass is 332 g/mol. The maximum absolute atomic E-state index is 12.5. The highest BCUT2D eigenvalue weighted by molar-refractivity contribution is 9.09. The Balaban J connectivity index is 2.23. The van der Waals surface area contributed by atoms with Crippen LogP contribution in [0.25, 0.3) is 0 Å². The van der Waals surface area contributed by atoms with E-state index in [9.17, 15) is 8.42 Å². The van der Waals surface area contributed by atoms with Crippen molar-refractivity contribution < 1.29 is 8.42 Å². The zero-order valence-electron chi connectivity index (χ0n) is 8.71. The highest BCUT2D eigenvalue weighted by Crippen LogP contribution is 2.40. The number of sulfonamides is 1. The van der Waals surface area contributed by atoms with Gasteiger partial charge in [0.1, 0.15) is 4.90 Å². The summed E-state index contributed by atoms with van der Waals surface area (Å²) in [6, 6.07) is 6.83. The number of benzene rings is 1. The van der Waals surface area contributed by atoms with E-state index in [0.29, 0.717) is 21.1 Å². The summed E-state index contributed by atoms with van der Waals surface area (Å²) in [6.07, 6.45) is 0. The third-order valence-electron chi connectivity index (χ3n) is 2.72. The molecule has 17 heavy (non-hydrogen) atoms. The molecule has 90 valence electrons. The number of amidine groups is 1. The van der Waals surface area contributed by atoms with Crippen LogP contribution in [0.15, 0.2) is 34.2 Å². The van der Waals surface area contributed by atoms with E-state index in [4.69, 9.17) is 0 Å². The molecule has 0 amide bonds. The highest BCUT2D eigenvalue weighted by atomic mass is 79.9. The molecule has 0 aliphatic carbocycles. The normalized spacial score (nSPS) is 25.1. The van der Waals surface area contributed by atoms with E-state index in [1.807, 2.05) is 0 Å². The molecule has 2 aliphatic heterocycles.